The maximum absolute atomic E-state index is 12.4. The highest BCUT2D eigenvalue weighted by Crippen LogP contribution is 2.30. The smallest absolute Gasteiger partial charge is 0.260 e. The van der Waals surface area contributed by atoms with Gasteiger partial charge < -0.3 is 9.67 Å². The Morgan fingerprint density at radius 3 is 2.65 bits per heavy atom. The highest BCUT2D eigenvalue weighted by Gasteiger charge is 2.38. The molecule has 2 N–H and O–H groups in total. The van der Waals surface area contributed by atoms with Crippen molar-refractivity contribution in [2.75, 3.05) is 6.61 Å². The van der Waals surface area contributed by atoms with Crippen LogP contribution in [0.25, 0.3) is 0 Å². The Bertz CT molecular complexity index is 559. The highest BCUT2D eigenvalue weighted by atomic mass is 32.2. The van der Waals surface area contributed by atoms with E-state index in [2.05, 4.69) is 9.71 Å². The summed E-state index contributed by atoms with van der Waals surface area (Å²) in [6.07, 6.45) is 5.72. The summed E-state index contributed by atoms with van der Waals surface area (Å²) in [5, 5.41) is 9.56. The summed E-state index contributed by atoms with van der Waals surface area (Å²) in [5.74, 6) is 0.691. The SMILES string of the molecule is CCCn1cc(S(=O)(=O)NC2(CO)CCCC2)nc1C. The molecule has 1 aliphatic carbocycles. The fraction of sp³-hybridized carbons (Fsp3) is 0.769. The first-order valence-electron chi connectivity index (χ1n) is 7.11. The van der Waals surface area contributed by atoms with Gasteiger partial charge in [-0.1, -0.05) is 19.8 Å². The first-order valence-corrected chi connectivity index (χ1v) is 8.59. The van der Waals surface area contributed by atoms with E-state index in [1.807, 2.05) is 11.5 Å². The Hall–Kier alpha value is -0.920. The van der Waals surface area contributed by atoms with Crippen molar-refractivity contribution < 1.29 is 13.5 Å². The first-order chi connectivity index (χ1) is 9.42. The van der Waals surface area contributed by atoms with Gasteiger partial charge in [-0.05, 0) is 26.2 Å². The predicted octanol–water partition coefficient (Wildman–Crippen LogP) is 1.18. The second-order valence-corrected chi connectivity index (χ2v) is 7.20. The number of hydrogen-bond acceptors (Lipinski definition) is 4. The molecule has 0 saturated heterocycles. The normalized spacial score (nSPS) is 18.6. The Balaban J connectivity index is 2.24. The van der Waals surface area contributed by atoms with Crippen LogP contribution in [0.2, 0.25) is 0 Å². The van der Waals surface area contributed by atoms with Crippen molar-refractivity contribution in [3.05, 3.63) is 12.0 Å². The van der Waals surface area contributed by atoms with E-state index < -0.39 is 15.6 Å². The summed E-state index contributed by atoms with van der Waals surface area (Å²) in [7, 11) is -3.68. The molecule has 0 bridgehead atoms. The molecule has 0 aromatic carbocycles. The summed E-state index contributed by atoms with van der Waals surface area (Å²) in [5.41, 5.74) is -0.707. The van der Waals surface area contributed by atoms with Crippen molar-refractivity contribution in [3.8, 4) is 0 Å². The molecule has 114 valence electrons. The van der Waals surface area contributed by atoms with Gasteiger partial charge in [0.05, 0.1) is 12.1 Å². The largest absolute Gasteiger partial charge is 0.394 e. The molecule has 0 spiro atoms. The monoisotopic (exact) mass is 301 g/mol. The van der Waals surface area contributed by atoms with Gasteiger partial charge in [0.2, 0.25) is 0 Å². The minimum Gasteiger partial charge on any atom is -0.394 e. The van der Waals surface area contributed by atoms with Crippen molar-refractivity contribution in [2.24, 2.45) is 0 Å². The molecule has 2 rings (SSSR count). The summed E-state index contributed by atoms with van der Waals surface area (Å²) >= 11 is 0. The van der Waals surface area contributed by atoms with Crippen LogP contribution < -0.4 is 4.72 Å². The average molecular weight is 301 g/mol. The molecule has 0 aliphatic heterocycles. The van der Waals surface area contributed by atoms with Gasteiger partial charge in [0.25, 0.3) is 10.0 Å². The van der Waals surface area contributed by atoms with E-state index in [1.54, 1.807) is 13.1 Å². The van der Waals surface area contributed by atoms with Crippen LogP contribution in [0.1, 0.15) is 44.9 Å². The van der Waals surface area contributed by atoms with Crippen molar-refractivity contribution in [1.82, 2.24) is 14.3 Å². The quantitative estimate of drug-likeness (QED) is 0.826. The van der Waals surface area contributed by atoms with Crippen LogP contribution in [0.4, 0.5) is 0 Å². The minimum atomic E-state index is -3.68. The molecule has 0 radical (unpaired) electrons. The van der Waals surface area contributed by atoms with Crippen LogP contribution >= 0.6 is 0 Å². The lowest BCUT2D eigenvalue weighted by atomic mass is 10.0. The van der Waals surface area contributed by atoms with E-state index in [-0.39, 0.29) is 11.6 Å². The Labute approximate surface area is 120 Å². The van der Waals surface area contributed by atoms with E-state index in [9.17, 15) is 13.5 Å². The Morgan fingerprint density at radius 1 is 1.45 bits per heavy atom. The van der Waals surface area contributed by atoms with Crippen LogP contribution in [0.15, 0.2) is 11.2 Å². The van der Waals surface area contributed by atoms with Crippen molar-refractivity contribution in [3.63, 3.8) is 0 Å². The number of sulfonamides is 1. The standard InChI is InChI=1S/C13H23N3O3S/c1-3-8-16-9-12(14-11(16)2)20(18,19)15-13(10-17)6-4-5-7-13/h9,15,17H,3-8,10H2,1-2H3. The highest BCUT2D eigenvalue weighted by molar-refractivity contribution is 7.89. The fourth-order valence-corrected chi connectivity index (χ4v) is 4.22. The molecule has 1 aromatic rings. The maximum Gasteiger partial charge on any atom is 0.260 e. The zero-order valence-electron chi connectivity index (χ0n) is 12.1. The molecular weight excluding hydrogens is 278 g/mol. The summed E-state index contributed by atoms with van der Waals surface area (Å²) in [6, 6.07) is 0. The molecule has 0 unspecified atom stereocenters. The van der Waals surface area contributed by atoms with E-state index in [0.29, 0.717) is 18.7 Å². The molecule has 0 amide bonds. The second-order valence-electron chi connectivity index (χ2n) is 5.57. The minimum absolute atomic E-state index is 0.0446. The van der Waals surface area contributed by atoms with Gasteiger partial charge in [-0.2, -0.15) is 0 Å². The number of nitrogens with zero attached hydrogens (tertiary/aromatic N) is 2. The molecule has 6 nitrogen and oxygen atoms in total. The number of aryl methyl sites for hydroxylation is 2. The third kappa shape index (κ3) is 3.05. The van der Waals surface area contributed by atoms with Gasteiger partial charge in [0.1, 0.15) is 5.82 Å². The molecule has 7 heteroatoms. The van der Waals surface area contributed by atoms with E-state index in [0.717, 1.165) is 25.8 Å². The summed E-state index contributed by atoms with van der Waals surface area (Å²) in [6.45, 7) is 4.41. The van der Waals surface area contributed by atoms with E-state index in [1.165, 1.54) is 0 Å². The van der Waals surface area contributed by atoms with Crippen molar-refractivity contribution in [2.45, 2.75) is 63.1 Å². The molecule has 0 atom stereocenters. The lowest BCUT2D eigenvalue weighted by Crippen LogP contribution is -2.49. The van der Waals surface area contributed by atoms with Gasteiger partial charge in [-0.3, -0.25) is 0 Å². The van der Waals surface area contributed by atoms with Crippen molar-refractivity contribution >= 4 is 10.0 Å². The lowest BCUT2D eigenvalue weighted by molar-refractivity contribution is 0.185. The number of aliphatic hydroxyl groups excluding tert-OH is 1. The number of aliphatic hydroxyl groups is 1. The molecular formula is C13H23N3O3S. The number of aromatic nitrogens is 2. The first kappa shape index (κ1) is 15.5. The Kier molecular flexibility index (Phi) is 4.51. The Morgan fingerprint density at radius 2 is 2.10 bits per heavy atom. The number of nitrogens with one attached hydrogen (secondary N) is 1. The zero-order chi connectivity index (χ0) is 14.8. The topological polar surface area (TPSA) is 84.2 Å². The van der Waals surface area contributed by atoms with Crippen LogP contribution in [0.3, 0.4) is 0 Å². The third-order valence-corrected chi connectivity index (χ3v) is 5.36. The summed E-state index contributed by atoms with van der Waals surface area (Å²) < 4.78 is 29.4. The molecule has 1 fully saturated rings. The molecule has 20 heavy (non-hydrogen) atoms. The lowest BCUT2D eigenvalue weighted by Gasteiger charge is -2.26. The zero-order valence-corrected chi connectivity index (χ0v) is 12.9. The van der Waals surface area contributed by atoms with Gasteiger partial charge in [-0.25, -0.2) is 18.1 Å². The molecule has 1 saturated carbocycles. The average Bonchev–Trinajstić information content (AvgIpc) is 2.98. The summed E-state index contributed by atoms with van der Waals surface area (Å²) in [4.78, 5) is 4.14. The van der Waals surface area contributed by atoms with Gasteiger partial charge in [0.15, 0.2) is 5.03 Å². The van der Waals surface area contributed by atoms with Crippen LogP contribution in [-0.2, 0) is 16.6 Å². The van der Waals surface area contributed by atoms with Gasteiger partial charge in [0, 0.05) is 12.7 Å². The number of rotatable bonds is 6. The van der Waals surface area contributed by atoms with Gasteiger partial charge in [-0.15, -0.1) is 0 Å². The van der Waals surface area contributed by atoms with Crippen LogP contribution in [0.5, 0.6) is 0 Å². The predicted molar refractivity (Wildman–Crippen MR) is 75.9 cm³/mol. The molecule has 1 heterocycles. The van der Waals surface area contributed by atoms with Gasteiger partial charge >= 0.3 is 0 Å². The van der Waals surface area contributed by atoms with Crippen LogP contribution in [0, 0.1) is 6.92 Å². The third-order valence-electron chi connectivity index (χ3n) is 3.91. The second kappa shape index (κ2) is 5.83. The molecule has 1 aromatic heterocycles. The maximum atomic E-state index is 12.4. The van der Waals surface area contributed by atoms with E-state index in [4.69, 9.17) is 0 Å². The van der Waals surface area contributed by atoms with E-state index >= 15 is 0 Å². The number of hydrogen-bond donors (Lipinski definition) is 2. The molecule has 1 aliphatic rings. The van der Waals surface area contributed by atoms with Crippen LogP contribution in [-0.4, -0.2) is 35.2 Å². The number of imidazole rings is 1. The fourth-order valence-electron chi connectivity index (χ4n) is 2.76. The van der Waals surface area contributed by atoms with Crippen molar-refractivity contribution in [1.29, 1.82) is 0 Å².